The number of amides is 1. The van der Waals surface area contributed by atoms with Crippen LogP contribution in [0.3, 0.4) is 0 Å². The maximum absolute atomic E-state index is 13.6. The van der Waals surface area contributed by atoms with Crippen LogP contribution < -0.4 is 5.32 Å². The standard InChI is InChI=1S/C23H27N5O2S/c1-3-20-26-27-23(31-20)25-19-12-6-9-16(24-19)17-10-7-13-28(17)22(29)21-14(2)30-18-11-5-4-8-15(18)21/h6,9,12,17H,3-5,7-8,10-11,13H2,1-2H3,(H,24,25,27)/t17-/m0/s1. The predicted molar refractivity (Wildman–Crippen MR) is 120 cm³/mol. The number of carbonyl (C=O) groups is 1. The van der Waals surface area contributed by atoms with E-state index in [1.165, 1.54) is 11.3 Å². The molecule has 1 aliphatic carbocycles. The minimum absolute atomic E-state index is 0.0246. The Bertz CT molecular complexity index is 1110. The summed E-state index contributed by atoms with van der Waals surface area (Å²) in [6.07, 6.45) is 6.89. The van der Waals surface area contributed by atoms with E-state index in [1.807, 2.05) is 30.0 Å². The molecule has 0 aromatic carbocycles. The zero-order valence-corrected chi connectivity index (χ0v) is 18.8. The van der Waals surface area contributed by atoms with E-state index in [2.05, 4.69) is 22.4 Å². The second-order valence-corrected chi connectivity index (χ2v) is 9.29. The van der Waals surface area contributed by atoms with E-state index < -0.39 is 0 Å². The quantitative estimate of drug-likeness (QED) is 0.605. The number of pyridine rings is 1. The van der Waals surface area contributed by atoms with Crippen LogP contribution in [0.15, 0.2) is 22.6 Å². The van der Waals surface area contributed by atoms with Crippen LogP contribution in [-0.4, -0.2) is 32.5 Å². The first kappa shape index (κ1) is 20.2. The van der Waals surface area contributed by atoms with Gasteiger partial charge in [-0.1, -0.05) is 24.3 Å². The lowest BCUT2D eigenvalue weighted by molar-refractivity contribution is 0.0730. The summed E-state index contributed by atoms with van der Waals surface area (Å²) in [4.78, 5) is 20.4. The Morgan fingerprint density at radius 1 is 1.26 bits per heavy atom. The molecule has 162 valence electrons. The maximum Gasteiger partial charge on any atom is 0.258 e. The van der Waals surface area contributed by atoms with Crippen LogP contribution >= 0.6 is 11.3 Å². The summed E-state index contributed by atoms with van der Waals surface area (Å²) in [5, 5.41) is 13.3. The number of aromatic nitrogens is 3. The average Bonchev–Trinajstić information content (AvgIpc) is 3.51. The van der Waals surface area contributed by atoms with Crippen molar-refractivity contribution in [3.05, 3.63) is 51.5 Å². The minimum Gasteiger partial charge on any atom is -0.465 e. The molecule has 1 fully saturated rings. The molecule has 3 aromatic heterocycles. The van der Waals surface area contributed by atoms with Gasteiger partial charge in [-0.15, -0.1) is 10.2 Å². The summed E-state index contributed by atoms with van der Waals surface area (Å²) in [5.74, 6) is 2.58. The van der Waals surface area contributed by atoms with Gasteiger partial charge in [-0.05, 0) is 57.6 Å². The second-order valence-electron chi connectivity index (χ2n) is 8.23. The second kappa shape index (κ2) is 8.42. The van der Waals surface area contributed by atoms with Gasteiger partial charge < -0.3 is 14.6 Å². The number of rotatable bonds is 5. The van der Waals surface area contributed by atoms with Crippen molar-refractivity contribution in [2.75, 3.05) is 11.9 Å². The van der Waals surface area contributed by atoms with E-state index >= 15 is 0 Å². The van der Waals surface area contributed by atoms with Gasteiger partial charge in [0.25, 0.3) is 5.91 Å². The first-order valence-electron chi connectivity index (χ1n) is 11.1. The Hall–Kier alpha value is -2.74. The lowest BCUT2D eigenvalue weighted by atomic mass is 9.94. The van der Waals surface area contributed by atoms with Crippen LogP contribution in [0.1, 0.15) is 76.8 Å². The molecule has 0 bridgehead atoms. The third-order valence-electron chi connectivity index (χ3n) is 6.19. The molecule has 1 atom stereocenters. The zero-order chi connectivity index (χ0) is 21.4. The summed E-state index contributed by atoms with van der Waals surface area (Å²) < 4.78 is 5.97. The van der Waals surface area contributed by atoms with Crippen LogP contribution in [0.4, 0.5) is 10.9 Å². The Morgan fingerprint density at radius 2 is 2.13 bits per heavy atom. The van der Waals surface area contributed by atoms with Crippen molar-refractivity contribution in [1.29, 1.82) is 0 Å². The Balaban J connectivity index is 1.39. The van der Waals surface area contributed by atoms with Crippen molar-refractivity contribution in [1.82, 2.24) is 20.1 Å². The van der Waals surface area contributed by atoms with Crippen molar-refractivity contribution in [3.63, 3.8) is 0 Å². The topological polar surface area (TPSA) is 84.2 Å². The summed E-state index contributed by atoms with van der Waals surface area (Å²) in [6.45, 7) is 4.73. The summed E-state index contributed by atoms with van der Waals surface area (Å²) in [7, 11) is 0. The number of hydrogen-bond donors (Lipinski definition) is 1. The molecule has 1 amide bonds. The molecular weight excluding hydrogens is 410 g/mol. The molecule has 1 aliphatic heterocycles. The molecular formula is C23H27N5O2S. The molecule has 1 saturated heterocycles. The summed E-state index contributed by atoms with van der Waals surface area (Å²) in [6, 6.07) is 5.90. The van der Waals surface area contributed by atoms with Gasteiger partial charge in [0.05, 0.1) is 17.3 Å². The third kappa shape index (κ3) is 3.84. The molecule has 0 saturated carbocycles. The van der Waals surface area contributed by atoms with Crippen LogP contribution in [0.25, 0.3) is 0 Å². The van der Waals surface area contributed by atoms with Crippen LogP contribution in [0.2, 0.25) is 0 Å². The van der Waals surface area contributed by atoms with E-state index in [0.29, 0.717) is 0 Å². The number of nitrogens with zero attached hydrogens (tertiary/aromatic N) is 4. The van der Waals surface area contributed by atoms with E-state index in [4.69, 9.17) is 9.40 Å². The highest BCUT2D eigenvalue weighted by Crippen LogP contribution is 2.36. The molecule has 4 heterocycles. The first-order valence-corrected chi connectivity index (χ1v) is 11.9. The third-order valence-corrected chi connectivity index (χ3v) is 7.17. The molecule has 5 rings (SSSR count). The Labute approximate surface area is 185 Å². The molecule has 3 aromatic rings. The van der Waals surface area contributed by atoms with Gasteiger partial charge in [0.15, 0.2) is 0 Å². The van der Waals surface area contributed by atoms with Gasteiger partial charge in [-0.3, -0.25) is 4.79 Å². The van der Waals surface area contributed by atoms with Crippen molar-refractivity contribution in [2.24, 2.45) is 0 Å². The fraction of sp³-hybridized carbons (Fsp3) is 0.478. The molecule has 1 N–H and O–H groups in total. The molecule has 0 spiro atoms. The van der Waals surface area contributed by atoms with E-state index in [-0.39, 0.29) is 11.9 Å². The van der Waals surface area contributed by atoms with Crippen molar-refractivity contribution in [3.8, 4) is 0 Å². The largest absolute Gasteiger partial charge is 0.465 e. The van der Waals surface area contributed by atoms with Crippen molar-refractivity contribution < 1.29 is 9.21 Å². The molecule has 8 heteroatoms. The molecule has 31 heavy (non-hydrogen) atoms. The van der Waals surface area contributed by atoms with Gasteiger partial charge in [-0.2, -0.15) is 0 Å². The number of aryl methyl sites for hydroxylation is 3. The first-order chi connectivity index (χ1) is 15.1. The van der Waals surface area contributed by atoms with Crippen LogP contribution in [0, 0.1) is 6.92 Å². The highest BCUT2D eigenvalue weighted by molar-refractivity contribution is 7.15. The molecule has 0 radical (unpaired) electrons. The van der Waals surface area contributed by atoms with Gasteiger partial charge in [0.2, 0.25) is 5.13 Å². The smallest absolute Gasteiger partial charge is 0.258 e. The lowest BCUT2D eigenvalue weighted by Crippen LogP contribution is -2.32. The number of hydrogen-bond acceptors (Lipinski definition) is 7. The fourth-order valence-corrected chi connectivity index (χ4v) is 5.39. The average molecular weight is 438 g/mol. The summed E-state index contributed by atoms with van der Waals surface area (Å²) in [5.41, 5.74) is 2.83. The normalized spacial score (nSPS) is 18.3. The Morgan fingerprint density at radius 3 is 2.97 bits per heavy atom. The fourth-order valence-electron chi connectivity index (χ4n) is 4.71. The number of anilines is 2. The van der Waals surface area contributed by atoms with Gasteiger partial charge >= 0.3 is 0 Å². The van der Waals surface area contributed by atoms with Crippen LogP contribution in [-0.2, 0) is 19.3 Å². The van der Waals surface area contributed by atoms with Crippen molar-refractivity contribution in [2.45, 2.75) is 64.8 Å². The molecule has 7 nitrogen and oxygen atoms in total. The summed E-state index contributed by atoms with van der Waals surface area (Å²) >= 11 is 1.54. The molecule has 0 unspecified atom stereocenters. The predicted octanol–water partition coefficient (Wildman–Crippen LogP) is 5.00. The number of nitrogens with one attached hydrogen (secondary N) is 1. The Kier molecular flexibility index (Phi) is 5.48. The van der Waals surface area contributed by atoms with Gasteiger partial charge in [0.1, 0.15) is 22.3 Å². The maximum atomic E-state index is 13.6. The highest BCUT2D eigenvalue weighted by atomic mass is 32.1. The zero-order valence-electron chi connectivity index (χ0n) is 18.0. The van der Waals surface area contributed by atoms with Gasteiger partial charge in [0, 0.05) is 18.5 Å². The number of likely N-dealkylation sites (tertiary alicyclic amines) is 1. The van der Waals surface area contributed by atoms with E-state index in [9.17, 15) is 4.79 Å². The van der Waals surface area contributed by atoms with Crippen molar-refractivity contribution >= 4 is 28.2 Å². The van der Waals surface area contributed by atoms with E-state index in [1.54, 1.807) is 0 Å². The molecule has 2 aliphatic rings. The van der Waals surface area contributed by atoms with E-state index in [0.717, 1.165) is 95.8 Å². The number of carbonyl (C=O) groups excluding carboxylic acids is 1. The van der Waals surface area contributed by atoms with Crippen LogP contribution in [0.5, 0.6) is 0 Å². The van der Waals surface area contributed by atoms with Gasteiger partial charge in [-0.25, -0.2) is 4.98 Å². The highest BCUT2D eigenvalue weighted by Gasteiger charge is 2.35. The SMILES string of the molecule is CCc1nnc(Nc2cccc([C@@H]3CCCN3C(=O)c3c(C)oc4c3CCCC4)n2)s1. The minimum atomic E-state index is -0.0246. The monoisotopic (exact) mass is 437 g/mol. The number of furan rings is 1. The number of fused-ring (bicyclic) bond motifs is 1. The lowest BCUT2D eigenvalue weighted by Gasteiger charge is -2.25.